The molecule has 0 aromatic heterocycles. The summed E-state index contributed by atoms with van der Waals surface area (Å²) in [4.78, 5) is 12.4. The minimum atomic E-state index is -3.61. The van der Waals surface area contributed by atoms with Crippen molar-refractivity contribution in [3.8, 4) is 0 Å². The van der Waals surface area contributed by atoms with Crippen molar-refractivity contribution in [2.45, 2.75) is 56.9 Å². The molecule has 0 radical (unpaired) electrons. The molecule has 23 heavy (non-hydrogen) atoms. The first-order chi connectivity index (χ1) is 10.9. The van der Waals surface area contributed by atoms with E-state index in [9.17, 15) is 13.2 Å². The molecule has 1 aliphatic carbocycles. The van der Waals surface area contributed by atoms with Crippen LogP contribution in [0.4, 0.5) is 0 Å². The minimum absolute atomic E-state index is 0.230. The van der Waals surface area contributed by atoms with Crippen molar-refractivity contribution in [3.05, 3.63) is 29.8 Å². The van der Waals surface area contributed by atoms with Gasteiger partial charge in [0.2, 0.25) is 10.0 Å². The number of benzene rings is 1. The van der Waals surface area contributed by atoms with E-state index in [-0.39, 0.29) is 22.8 Å². The van der Waals surface area contributed by atoms with E-state index in [1.807, 2.05) is 13.8 Å². The molecule has 1 N–H and O–H groups in total. The van der Waals surface area contributed by atoms with Crippen molar-refractivity contribution >= 4 is 16.0 Å². The van der Waals surface area contributed by atoms with Gasteiger partial charge in [-0.2, -0.15) is 0 Å². The first-order valence-electron chi connectivity index (χ1n) is 8.19. The second-order valence-corrected chi connectivity index (χ2v) is 7.81. The number of nitrogens with one attached hydrogen (secondary N) is 1. The van der Waals surface area contributed by atoms with Crippen LogP contribution in [0.25, 0.3) is 0 Å². The Kier molecular flexibility index (Phi) is 6.18. The second kappa shape index (κ2) is 7.93. The Hall–Kier alpha value is -1.40. The summed E-state index contributed by atoms with van der Waals surface area (Å²) in [6.45, 7) is 4.34. The maximum Gasteiger partial charge on any atom is 0.310 e. The smallest absolute Gasteiger partial charge is 0.310 e. The van der Waals surface area contributed by atoms with Crippen LogP contribution >= 0.6 is 0 Å². The van der Waals surface area contributed by atoms with Crippen molar-refractivity contribution in [3.63, 3.8) is 0 Å². The minimum Gasteiger partial charge on any atom is -0.465 e. The van der Waals surface area contributed by atoms with Gasteiger partial charge in [0.25, 0.3) is 0 Å². The molecule has 5 nitrogen and oxygen atoms in total. The molecular formula is C17H25NO4S. The number of esters is 1. The van der Waals surface area contributed by atoms with Crippen molar-refractivity contribution in [2.75, 3.05) is 6.61 Å². The molecular weight excluding hydrogens is 314 g/mol. The highest BCUT2D eigenvalue weighted by atomic mass is 32.2. The van der Waals surface area contributed by atoms with Crippen LogP contribution in [0.2, 0.25) is 0 Å². The predicted molar refractivity (Wildman–Crippen MR) is 88.5 cm³/mol. The van der Waals surface area contributed by atoms with E-state index >= 15 is 0 Å². The molecule has 0 aliphatic heterocycles. The Bertz CT molecular complexity index is 624. The van der Waals surface area contributed by atoms with Gasteiger partial charge in [-0.15, -0.1) is 0 Å². The molecule has 0 heterocycles. The normalized spacial score (nSPS) is 21.3. The quantitative estimate of drug-likeness (QED) is 0.612. The molecule has 128 valence electrons. The highest BCUT2D eigenvalue weighted by Gasteiger charge is 2.36. The number of unbranched alkanes of at least 4 members (excludes halogenated alkanes) is 1. The Labute approximate surface area is 138 Å². The van der Waals surface area contributed by atoms with Crippen molar-refractivity contribution in [1.82, 2.24) is 4.72 Å². The maximum atomic E-state index is 12.5. The largest absolute Gasteiger partial charge is 0.465 e. The molecule has 2 atom stereocenters. The Morgan fingerprint density at radius 1 is 1.26 bits per heavy atom. The molecule has 1 aromatic rings. The molecule has 0 saturated heterocycles. The third-order valence-electron chi connectivity index (χ3n) is 4.20. The standard InChI is InChI=1S/C17H25NO4S/c1-3-4-12-22-17(19)15-6-5-7-16(15)18-23(20,21)14-10-8-13(2)9-11-14/h8-11,15-16,18H,3-7,12H2,1-2H3/t15-,16+/m0/s1. The lowest BCUT2D eigenvalue weighted by atomic mass is 10.1. The van der Waals surface area contributed by atoms with Crippen LogP contribution in [0.15, 0.2) is 29.2 Å². The van der Waals surface area contributed by atoms with Crippen molar-refractivity contribution < 1.29 is 17.9 Å². The van der Waals surface area contributed by atoms with Gasteiger partial charge < -0.3 is 4.74 Å². The van der Waals surface area contributed by atoms with E-state index in [1.54, 1.807) is 24.3 Å². The second-order valence-electron chi connectivity index (χ2n) is 6.10. The molecule has 6 heteroatoms. The molecule has 0 spiro atoms. The van der Waals surface area contributed by atoms with E-state index in [0.29, 0.717) is 19.4 Å². The summed E-state index contributed by atoms with van der Waals surface area (Å²) in [5, 5.41) is 0. The molecule has 2 rings (SSSR count). The molecule has 0 unspecified atom stereocenters. The van der Waals surface area contributed by atoms with Crippen molar-refractivity contribution in [1.29, 1.82) is 0 Å². The molecule has 1 saturated carbocycles. The van der Waals surface area contributed by atoms with E-state index in [4.69, 9.17) is 4.74 Å². The third-order valence-corrected chi connectivity index (χ3v) is 5.70. The van der Waals surface area contributed by atoms with Gasteiger partial charge in [-0.05, 0) is 38.3 Å². The predicted octanol–water partition coefficient (Wildman–Crippen LogP) is 2.79. The van der Waals surface area contributed by atoms with Crippen LogP contribution in [0.1, 0.15) is 44.6 Å². The van der Waals surface area contributed by atoms with Gasteiger partial charge in [-0.3, -0.25) is 4.79 Å². The lowest BCUT2D eigenvalue weighted by molar-refractivity contribution is -0.148. The Morgan fingerprint density at radius 2 is 1.96 bits per heavy atom. The maximum absolute atomic E-state index is 12.5. The van der Waals surface area contributed by atoms with Gasteiger partial charge in [0.1, 0.15) is 0 Å². The summed E-state index contributed by atoms with van der Waals surface area (Å²) >= 11 is 0. The number of ether oxygens (including phenoxy) is 1. The number of rotatable bonds is 7. The van der Waals surface area contributed by atoms with E-state index in [1.165, 1.54) is 0 Å². The summed E-state index contributed by atoms with van der Waals surface area (Å²) in [7, 11) is -3.61. The lowest BCUT2D eigenvalue weighted by Crippen LogP contribution is -2.40. The first-order valence-corrected chi connectivity index (χ1v) is 9.68. The van der Waals surface area contributed by atoms with Crippen LogP contribution in [0.5, 0.6) is 0 Å². The highest BCUT2D eigenvalue weighted by Crippen LogP contribution is 2.28. The van der Waals surface area contributed by atoms with Gasteiger partial charge in [0.15, 0.2) is 0 Å². The summed E-state index contributed by atoms with van der Waals surface area (Å²) < 4.78 is 32.9. The van der Waals surface area contributed by atoms with E-state index < -0.39 is 10.0 Å². The number of hydrogen-bond donors (Lipinski definition) is 1. The lowest BCUT2D eigenvalue weighted by Gasteiger charge is -2.20. The summed E-state index contributed by atoms with van der Waals surface area (Å²) in [5.74, 6) is -0.667. The molecule has 1 fully saturated rings. The molecule has 0 amide bonds. The molecule has 1 aromatic carbocycles. The number of carbonyl (C=O) groups is 1. The molecule has 0 bridgehead atoms. The van der Waals surface area contributed by atoms with E-state index in [2.05, 4.69) is 4.72 Å². The van der Waals surface area contributed by atoms with Gasteiger partial charge in [-0.25, -0.2) is 13.1 Å². The number of sulfonamides is 1. The fourth-order valence-electron chi connectivity index (χ4n) is 2.79. The Morgan fingerprint density at radius 3 is 2.61 bits per heavy atom. The fourth-order valence-corrected chi connectivity index (χ4v) is 4.10. The number of hydrogen-bond acceptors (Lipinski definition) is 4. The van der Waals surface area contributed by atoms with Crippen LogP contribution in [0, 0.1) is 12.8 Å². The van der Waals surface area contributed by atoms with Gasteiger partial charge in [0, 0.05) is 6.04 Å². The summed E-state index contributed by atoms with van der Waals surface area (Å²) in [6.07, 6.45) is 3.96. The number of aryl methyl sites for hydroxylation is 1. The number of carbonyl (C=O) groups excluding carboxylic acids is 1. The zero-order valence-electron chi connectivity index (χ0n) is 13.7. The average Bonchev–Trinajstić information content (AvgIpc) is 2.95. The van der Waals surface area contributed by atoms with Crippen molar-refractivity contribution in [2.24, 2.45) is 5.92 Å². The van der Waals surface area contributed by atoms with Crippen LogP contribution in [0.3, 0.4) is 0 Å². The van der Waals surface area contributed by atoms with Gasteiger partial charge >= 0.3 is 5.97 Å². The van der Waals surface area contributed by atoms with Crippen LogP contribution < -0.4 is 4.72 Å². The molecule has 1 aliphatic rings. The van der Waals surface area contributed by atoms with Gasteiger partial charge in [0.05, 0.1) is 17.4 Å². The SMILES string of the molecule is CCCCOC(=O)[C@H]1CCC[C@H]1NS(=O)(=O)c1ccc(C)cc1. The topological polar surface area (TPSA) is 72.5 Å². The zero-order valence-corrected chi connectivity index (χ0v) is 14.6. The van der Waals surface area contributed by atoms with Gasteiger partial charge in [-0.1, -0.05) is 37.5 Å². The van der Waals surface area contributed by atoms with E-state index in [0.717, 1.165) is 24.8 Å². The zero-order chi connectivity index (χ0) is 16.9. The Balaban J connectivity index is 2.02. The average molecular weight is 339 g/mol. The first kappa shape index (κ1) is 17.9. The van der Waals surface area contributed by atoms with Crippen LogP contribution in [-0.2, 0) is 19.6 Å². The monoisotopic (exact) mass is 339 g/mol. The van der Waals surface area contributed by atoms with Crippen LogP contribution in [-0.4, -0.2) is 27.0 Å². The highest BCUT2D eigenvalue weighted by molar-refractivity contribution is 7.89. The third kappa shape index (κ3) is 4.78. The summed E-state index contributed by atoms with van der Waals surface area (Å²) in [6, 6.07) is 6.32. The summed E-state index contributed by atoms with van der Waals surface area (Å²) in [5.41, 5.74) is 1.00. The fraction of sp³-hybridized carbons (Fsp3) is 0.588.